The summed E-state index contributed by atoms with van der Waals surface area (Å²) in [7, 11) is 1.64. The van der Waals surface area contributed by atoms with Crippen LogP contribution < -0.4 is 14.8 Å². The molecule has 0 unspecified atom stereocenters. The fraction of sp³-hybridized carbons (Fsp3) is 0.474. The predicted octanol–water partition coefficient (Wildman–Crippen LogP) is 5.26. The van der Waals surface area contributed by atoms with Crippen LogP contribution >= 0.6 is 47.8 Å². The zero-order chi connectivity index (χ0) is 18.1. The number of nitrogens with zero attached hydrogens (tertiary/aromatic N) is 1. The van der Waals surface area contributed by atoms with E-state index in [1.165, 1.54) is 0 Å². The molecule has 2 rings (SSSR count). The van der Waals surface area contributed by atoms with Gasteiger partial charge in [0.05, 0.1) is 12.1 Å². The van der Waals surface area contributed by atoms with Crippen LogP contribution in [0.3, 0.4) is 0 Å². The molecule has 27 heavy (non-hydrogen) atoms. The fourth-order valence-electron chi connectivity index (χ4n) is 2.56. The molecule has 4 nitrogen and oxygen atoms in total. The van der Waals surface area contributed by atoms with E-state index in [1.54, 1.807) is 18.4 Å². The number of benzene rings is 1. The van der Waals surface area contributed by atoms with Gasteiger partial charge < -0.3 is 19.7 Å². The normalized spacial score (nSPS) is 10.3. The van der Waals surface area contributed by atoms with Gasteiger partial charge in [-0.15, -0.1) is 36.2 Å². The third kappa shape index (κ3) is 8.46. The minimum Gasteiger partial charge on any atom is -0.493 e. The van der Waals surface area contributed by atoms with Crippen LogP contribution in [0.4, 0.5) is 0 Å². The van der Waals surface area contributed by atoms with Crippen LogP contribution in [0.2, 0.25) is 5.02 Å². The highest BCUT2D eigenvalue weighted by Crippen LogP contribution is 2.37. The molecule has 0 radical (unpaired) electrons. The summed E-state index contributed by atoms with van der Waals surface area (Å²) in [6.45, 7) is 9.75. The molecule has 0 spiro atoms. The maximum absolute atomic E-state index is 6.42. The lowest BCUT2D eigenvalue weighted by molar-refractivity contribution is 0.287. The Morgan fingerprint density at radius 3 is 2.52 bits per heavy atom. The molecule has 0 fully saturated rings. The van der Waals surface area contributed by atoms with Crippen LogP contribution in [0.1, 0.15) is 24.3 Å². The second-order valence-corrected chi connectivity index (χ2v) is 7.12. The summed E-state index contributed by atoms with van der Waals surface area (Å²) in [5.41, 5.74) is 1.09. The molecule has 154 valence electrons. The Morgan fingerprint density at radius 1 is 1.19 bits per heavy atom. The number of methoxy groups -OCH3 is 1. The van der Waals surface area contributed by atoms with Gasteiger partial charge in [-0.1, -0.05) is 31.5 Å². The number of ether oxygens (including phenoxy) is 2. The van der Waals surface area contributed by atoms with Gasteiger partial charge in [-0.2, -0.15) is 0 Å². The van der Waals surface area contributed by atoms with E-state index in [1.807, 2.05) is 29.6 Å². The Hall–Kier alpha value is -0.690. The van der Waals surface area contributed by atoms with Crippen molar-refractivity contribution < 1.29 is 9.47 Å². The number of hydrogen-bond acceptors (Lipinski definition) is 5. The summed E-state index contributed by atoms with van der Waals surface area (Å²) in [5, 5.41) is 6.07. The van der Waals surface area contributed by atoms with Crippen molar-refractivity contribution in [3.63, 3.8) is 0 Å². The van der Waals surface area contributed by atoms with E-state index in [0.717, 1.165) is 43.2 Å². The molecule has 0 aliphatic rings. The van der Waals surface area contributed by atoms with E-state index in [9.17, 15) is 0 Å². The van der Waals surface area contributed by atoms with E-state index < -0.39 is 0 Å². The van der Waals surface area contributed by atoms with Gasteiger partial charge in [-0.3, -0.25) is 0 Å². The van der Waals surface area contributed by atoms with Crippen molar-refractivity contribution >= 4 is 47.8 Å². The van der Waals surface area contributed by atoms with Crippen molar-refractivity contribution in [2.75, 3.05) is 33.3 Å². The van der Waals surface area contributed by atoms with Gasteiger partial charge in [0.25, 0.3) is 0 Å². The molecule has 1 heterocycles. The lowest BCUT2D eigenvalue weighted by Crippen LogP contribution is -2.31. The number of hydrogen-bond donors (Lipinski definition) is 1. The molecule has 0 amide bonds. The lowest BCUT2D eigenvalue weighted by Gasteiger charge is -2.18. The van der Waals surface area contributed by atoms with E-state index in [-0.39, 0.29) is 24.8 Å². The Labute approximate surface area is 184 Å². The summed E-state index contributed by atoms with van der Waals surface area (Å²) in [6.07, 6.45) is 0. The van der Waals surface area contributed by atoms with Gasteiger partial charge >= 0.3 is 0 Å². The van der Waals surface area contributed by atoms with Gasteiger partial charge in [0.2, 0.25) is 0 Å². The summed E-state index contributed by atoms with van der Waals surface area (Å²) in [5.74, 6) is 1.27. The largest absolute Gasteiger partial charge is 0.493 e. The SMILES string of the molecule is CCN(CC)CCNCc1cc(Cl)c(OCc2cccs2)c(OC)c1.Cl.Cl. The highest BCUT2D eigenvalue weighted by atomic mass is 35.5. The molecule has 0 aliphatic heterocycles. The second kappa shape index (κ2) is 14.3. The van der Waals surface area contributed by atoms with Crippen LogP contribution in [0, 0.1) is 0 Å². The molecule has 1 aromatic heterocycles. The quantitative estimate of drug-likeness (QED) is 0.468. The Balaban J connectivity index is 0.00000338. The zero-order valence-corrected chi connectivity index (χ0v) is 19.2. The summed E-state index contributed by atoms with van der Waals surface area (Å²) >= 11 is 8.09. The number of likely N-dealkylation sites (N-methyl/N-ethyl adjacent to an activating group) is 1. The standard InChI is InChI=1S/C19H27ClN2O2S.2ClH/c1-4-22(5-2)9-8-21-13-15-11-17(20)19(18(12-15)23-3)24-14-16-7-6-10-25-16;;/h6-7,10-12,21H,4-5,8-9,13-14H2,1-3H3;2*1H. The predicted molar refractivity (Wildman–Crippen MR) is 121 cm³/mol. The van der Waals surface area contributed by atoms with Gasteiger partial charge in [0.1, 0.15) is 6.61 Å². The highest BCUT2D eigenvalue weighted by Gasteiger charge is 2.12. The molecular formula is C19H29Cl3N2O2S. The van der Waals surface area contributed by atoms with Crippen LogP contribution in [0.15, 0.2) is 29.6 Å². The Bertz CT molecular complexity index is 638. The first-order valence-electron chi connectivity index (χ1n) is 8.62. The third-order valence-corrected chi connectivity index (χ3v) is 5.19. The van der Waals surface area contributed by atoms with Crippen molar-refractivity contribution in [3.8, 4) is 11.5 Å². The molecule has 0 saturated heterocycles. The van der Waals surface area contributed by atoms with E-state index in [2.05, 4.69) is 24.1 Å². The van der Waals surface area contributed by atoms with E-state index in [4.69, 9.17) is 21.1 Å². The number of rotatable bonds is 11. The van der Waals surface area contributed by atoms with Gasteiger partial charge in [-0.25, -0.2) is 0 Å². The fourth-order valence-corrected chi connectivity index (χ4v) is 3.47. The summed E-state index contributed by atoms with van der Waals surface area (Å²) in [4.78, 5) is 3.54. The minimum absolute atomic E-state index is 0. The first-order valence-corrected chi connectivity index (χ1v) is 9.88. The first-order chi connectivity index (χ1) is 12.2. The van der Waals surface area contributed by atoms with Crippen molar-refractivity contribution in [2.45, 2.75) is 27.0 Å². The lowest BCUT2D eigenvalue weighted by atomic mass is 10.2. The average Bonchev–Trinajstić information content (AvgIpc) is 3.14. The van der Waals surface area contributed by atoms with Crippen molar-refractivity contribution in [1.29, 1.82) is 0 Å². The van der Waals surface area contributed by atoms with Crippen LogP contribution in [-0.2, 0) is 13.2 Å². The van der Waals surface area contributed by atoms with E-state index >= 15 is 0 Å². The number of thiophene rings is 1. The smallest absolute Gasteiger partial charge is 0.180 e. The minimum atomic E-state index is 0. The van der Waals surface area contributed by atoms with Gasteiger partial charge in [-0.05, 0) is 42.2 Å². The molecule has 1 aromatic carbocycles. The third-order valence-electron chi connectivity index (χ3n) is 4.06. The highest BCUT2D eigenvalue weighted by molar-refractivity contribution is 7.09. The second-order valence-electron chi connectivity index (χ2n) is 5.68. The number of halogens is 3. The van der Waals surface area contributed by atoms with Crippen molar-refractivity contribution in [2.24, 2.45) is 0 Å². The Kier molecular flexibility index (Phi) is 14.0. The zero-order valence-electron chi connectivity index (χ0n) is 16.0. The van der Waals surface area contributed by atoms with Crippen molar-refractivity contribution in [3.05, 3.63) is 45.1 Å². The average molecular weight is 456 g/mol. The molecular weight excluding hydrogens is 427 g/mol. The Morgan fingerprint density at radius 2 is 1.93 bits per heavy atom. The van der Waals surface area contributed by atoms with Crippen molar-refractivity contribution in [1.82, 2.24) is 10.2 Å². The maximum Gasteiger partial charge on any atom is 0.180 e. The van der Waals surface area contributed by atoms with Crippen LogP contribution in [0.25, 0.3) is 0 Å². The summed E-state index contributed by atoms with van der Waals surface area (Å²) < 4.78 is 11.3. The molecule has 0 atom stereocenters. The van der Waals surface area contributed by atoms with Gasteiger partial charge in [0, 0.05) is 24.5 Å². The molecule has 2 aromatic rings. The first kappa shape index (κ1) is 26.3. The van der Waals surface area contributed by atoms with Crippen LogP contribution in [0.5, 0.6) is 11.5 Å². The summed E-state index contributed by atoms with van der Waals surface area (Å²) in [6, 6.07) is 7.98. The van der Waals surface area contributed by atoms with E-state index in [0.29, 0.717) is 23.1 Å². The molecule has 1 N–H and O–H groups in total. The number of nitrogens with one attached hydrogen (secondary N) is 1. The molecule has 0 bridgehead atoms. The topological polar surface area (TPSA) is 33.7 Å². The molecule has 0 saturated carbocycles. The molecule has 0 aliphatic carbocycles. The molecule has 8 heteroatoms. The van der Waals surface area contributed by atoms with Gasteiger partial charge in [0.15, 0.2) is 11.5 Å². The monoisotopic (exact) mass is 454 g/mol. The maximum atomic E-state index is 6.42. The van der Waals surface area contributed by atoms with Crippen LogP contribution in [-0.4, -0.2) is 38.2 Å².